The number of amides is 1. The van der Waals surface area contributed by atoms with Crippen molar-refractivity contribution in [2.75, 3.05) is 48.7 Å². The van der Waals surface area contributed by atoms with E-state index in [1.807, 2.05) is 30.3 Å². The summed E-state index contributed by atoms with van der Waals surface area (Å²) in [6, 6.07) is 11.2. The standard InChI is InChI=1S/C16H19ClN6O/c17-13-10-14(21-16(18)20-13)23-8-6-22(7-9-23)11-15(24)19-12-4-2-1-3-5-12/h1-5,10H,6-9,11H2,(H,19,24)(H2,18,20,21). The normalized spacial score (nSPS) is 15.3. The second kappa shape index (κ2) is 7.46. The molecule has 1 aromatic heterocycles. The first-order chi connectivity index (χ1) is 11.6. The maximum Gasteiger partial charge on any atom is 0.238 e. The molecule has 3 N–H and O–H groups in total. The van der Waals surface area contributed by atoms with Crippen LogP contribution in [-0.4, -0.2) is 53.5 Å². The van der Waals surface area contributed by atoms with Crippen molar-refractivity contribution >= 4 is 35.0 Å². The Balaban J connectivity index is 1.51. The van der Waals surface area contributed by atoms with Crippen LogP contribution >= 0.6 is 11.6 Å². The fourth-order valence-corrected chi connectivity index (χ4v) is 2.83. The molecule has 0 spiro atoms. The highest BCUT2D eigenvalue weighted by atomic mass is 35.5. The Hall–Kier alpha value is -2.38. The second-order valence-electron chi connectivity index (χ2n) is 5.58. The van der Waals surface area contributed by atoms with Crippen LogP contribution in [0.15, 0.2) is 36.4 Å². The number of para-hydroxylation sites is 1. The summed E-state index contributed by atoms with van der Waals surface area (Å²) in [5, 5.41) is 3.23. The van der Waals surface area contributed by atoms with Crippen LogP contribution in [0.5, 0.6) is 0 Å². The van der Waals surface area contributed by atoms with Gasteiger partial charge in [-0.05, 0) is 12.1 Å². The number of hydrogen-bond acceptors (Lipinski definition) is 6. The number of anilines is 3. The van der Waals surface area contributed by atoms with Crippen LogP contribution in [0.25, 0.3) is 0 Å². The predicted molar refractivity (Wildman–Crippen MR) is 95.2 cm³/mol. The first-order valence-corrected chi connectivity index (χ1v) is 8.10. The molecule has 1 aromatic carbocycles. The number of hydrogen-bond donors (Lipinski definition) is 2. The van der Waals surface area contributed by atoms with E-state index < -0.39 is 0 Å². The van der Waals surface area contributed by atoms with E-state index in [9.17, 15) is 4.79 Å². The monoisotopic (exact) mass is 346 g/mol. The Kier molecular flexibility index (Phi) is 5.12. The third-order valence-corrected chi connectivity index (χ3v) is 4.01. The van der Waals surface area contributed by atoms with Gasteiger partial charge in [-0.3, -0.25) is 9.69 Å². The van der Waals surface area contributed by atoms with Gasteiger partial charge in [0.1, 0.15) is 11.0 Å². The summed E-state index contributed by atoms with van der Waals surface area (Å²) in [7, 11) is 0. The number of nitrogen functional groups attached to an aromatic ring is 1. The molecule has 1 amide bonds. The van der Waals surface area contributed by atoms with E-state index in [2.05, 4.69) is 25.1 Å². The molecule has 0 radical (unpaired) electrons. The lowest BCUT2D eigenvalue weighted by Crippen LogP contribution is -2.49. The van der Waals surface area contributed by atoms with Gasteiger partial charge in [0, 0.05) is 37.9 Å². The zero-order valence-electron chi connectivity index (χ0n) is 13.2. The predicted octanol–water partition coefficient (Wildman–Crippen LogP) is 1.47. The van der Waals surface area contributed by atoms with Gasteiger partial charge in [-0.2, -0.15) is 4.98 Å². The Morgan fingerprint density at radius 1 is 1.17 bits per heavy atom. The van der Waals surface area contributed by atoms with Crippen LogP contribution < -0.4 is 16.0 Å². The van der Waals surface area contributed by atoms with Crippen LogP contribution in [0.3, 0.4) is 0 Å². The van der Waals surface area contributed by atoms with Gasteiger partial charge in [-0.1, -0.05) is 29.8 Å². The molecule has 7 nitrogen and oxygen atoms in total. The molecule has 0 bridgehead atoms. The summed E-state index contributed by atoms with van der Waals surface area (Å²) in [6.45, 7) is 3.42. The van der Waals surface area contributed by atoms with Crippen molar-refractivity contribution < 1.29 is 4.79 Å². The Morgan fingerprint density at radius 2 is 1.88 bits per heavy atom. The molecular formula is C16H19ClN6O. The number of nitrogens with zero attached hydrogens (tertiary/aromatic N) is 4. The molecule has 2 heterocycles. The highest BCUT2D eigenvalue weighted by molar-refractivity contribution is 6.29. The summed E-state index contributed by atoms with van der Waals surface area (Å²) < 4.78 is 0. The molecule has 0 saturated carbocycles. The molecule has 1 saturated heterocycles. The van der Waals surface area contributed by atoms with Gasteiger partial charge in [0.2, 0.25) is 11.9 Å². The Morgan fingerprint density at radius 3 is 2.54 bits per heavy atom. The minimum absolute atomic E-state index is 0.0102. The summed E-state index contributed by atoms with van der Waals surface area (Å²) in [6.07, 6.45) is 0. The maximum atomic E-state index is 12.1. The van der Waals surface area contributed by atoms with E-state index in [1.165, 1.54) is 0 Å². The minimum Gasteiger partial charge on any atom is -0.368 e. The van der Waals surface area contributed by atoms with E-state index in [0.29, 0.717) is 11.7 Å². The SMILES string of the molecule is Nc1nc(Cl)cc(N2CCN(CC(=O)Nc3ccccc3)CC2)n1. The molecule has 1 aliphatic heterocycles. The van der Waals surface area contributed by atoms with Crippen molar-refractivity contribution in [1.82, 2.24) is 14.9 Å². The maximum absolute atomic E-state index is 12.1. The van der Waals surface area contributed by atoms with E-state index in [1.54, 1.807) is 6.07 Å². The second-order valence-corrected chi connectivity index (χ2v) is 5.97. The third kappa shape index (κ3) is 4.33. The van der Waals surface area contributed by atoms with Crippen LogP contribution in [0.4, 0.5) is 17.5 Å². The minimum atomic E-state index is -0.0102. The third-order valence-electron chi connectivity index (χ3n) is 3.82. The zero-order chi connectivity index (χ0) is 16.9. The lowest BCUT2D eigenvalue weighted by molar-refractivity contribution is -0.117. The highest BCUT2D eigenvalue weighted by Crippen LogP contribution is 2.18. The molecule has 24 heavy (non-hydrogen) atoms. The lowest BCUT2D eigenvalue weighted by Gasteiger charge is -2.35. The number of rotatable bonds is 4. The molecule has 1 fully saturated rings. The number of carbonyl (C=O) groups is 1. The number of carbonyl (C=O) groups excluding carboxylic acids is 1. The van der Waals surface area contributed by atoms with Gasteiger partial charge >= 0.3 is 0 Å². The smallest absolute Gasteiger partial charge is 0.238 e. The summed E-state index contributed by atoms with van der Waals surface area (Å²) in [5.74, 6) is 0.882. The fraction of sp³-hybridized carbons (Fsp3) is 0.312. The van der Waals surface area contributed by atoms with E-state index in [4.69, 9.17) is 17.3 Å². The quantitative estimate of drug-likeness (QED) is 0.815. The molecule has 0 atom stereocenters. The van der Waals surface area contributed by atoms with E-state index in [-0.39, 0.29) is 11.9 Å². The number of halogens is 1. The van der Waals surface area contributed by atoms with Crippen molar-refractivity contribution in [1.29, 1.82) is 0 Å². The Bertz CT molecular complexity index is 683. The number of piperazine rings is 1. The average Bonchev–Trinajstić information content (AvgIpc) is 2.55. The van der Waals surface area contributed by atoms with Crippen molar-refractivity contribution in [2.24, 2.45) is 0 Å². The van der Waals surface area contributed by atoms with Gasteiger partial charge in [0.25, 0.3) is 0 Å². The van der Waals surface area contributed by atoms with Crippen LogP contribution in [0, 0.1) is 0 Å². The Labute approximate surface area is 145 Å². The van der Waals surface area contributed by atoms with Crippen molar-refractivity contribution in [3.63, 3.8) is 0 Å². The van der Waals surface area contributed by atoms with E-state index >= 15 is 0 Å². The van der Waals surface area contributed by atoms with Gasteiger partial charge in [0.15, 0.2) is 0 Å². The summed E-state index contributed by atoms with van der Waals surface area (Å²) in [5.41, 5.74) is 6.45. The van der Waals surface area contributed by atoms with Gasteiger partial charge in [-0.25, -0.2) is 4.98 Å². The number of aromatic nitrogens is 2. The molecule has 0 aliphatic carbocycles. The van der Waals surface area contributed by atoms with Crippen molar-refractivity contribution in [3.05, 3.63) is 41.6 Å². The lowest BCUT2D eigenvalue weighted by atomic mass is 10.3. The molecule has 3 rings (SSSR count). The largest absolute Gasteiger partial charge is 0.368 e. The number of nitrogens with two attached hydrogens (primary N) is 1. The van der Waals surface area contributed by atoms with Crippen molar-refractivity contribution in [2.45, 2.75) is 0 Å². The fourth-order valence-electron chi connectivity index (χ4n) is 2.65. The van der Waals surface area contributed by atoms with Gasteiger partial charge in [-0.15, -0.1) is 0 Å². The van der Waals surface area contributed by atoms with Crippen LogP contribution in [-0.2, 0) is 4.79 Å². The van der Waals surface area contributed by atoms with E-state index in [0.717, 1.165) is 37.7 Å². The summed E-state index contributed by atoms with van der Waals surface area (Å²) in [4.78, 5) is 24.4. The van der Waals surface area contributed by atoms with Crippen molar-refractivity contribution in [3.8, 4) is 0 Å². The van der Waals surface area contributed by atoms with Crippen LogP contribution in [0.2, 0.25) is 5.15 Å². The van der Waals surface area contributed by atoms with Gasteiger partial charge < -0.3 is 16.0 Å². The topological polar surface area (TPSA) is 87.4 Å². The van der Waals surface area contributed by atoms with Crippen LogP contribution in [0.1, 0.15) is 0 Å². The zero-order valence-corrected chi connectivity index (χ0v) is 13.9. The number of nitrogens with one attached hydrogen (secondary N) is 1. The molecule has 1 aliphatic rings. The number of benzene rings is 1. The highest BCUT2D eigenvalue weighted by Gasteiger charge is 2.20. The molecule has 126 valence electrons. The average molecular weight is 347 g/mol. The molecule has 8 heteroatoms. The first-order valence-electron chi connectivity index (χ1n) is 7.72. The molecular weight excluding hydrogens is 328 g/mol. The summed E-state index contributed by atoms with van der Waals surface area (Å²) >= 11 is 5.92. The molecule has 0 unspecified atom stereocenters. The molecule has 2 aromatic rings. The van der Waals surface area contributed by atoms with Gasteiger partial charge in [0.05, 0.1) is 6.54 Å². The first kappa shape index (κ1) is 16.5.